The molecule has 0 aromatic carbocycles. The summed E-state index contributed by atoms with van der Waals surface area (Å²) < 4.78 is 5.35. The van der Waals surface area contributed by atoms with Crippen LogP contribution in [0, 0.1) is 23.7 Å². The Hall–Kier alpha value is -1.30. The number of hydrogen-bond donors (Lipinski definition) is 2. The number of urea groups is 1. The SMILES string of the molecule is O=C(NC1CCC(C(=O)N2CCOCC2)CC1)NC12CC3CC(CC(C3)C1)C2. The standard InChI is InChI=1S/C22H35N3O3/c26-20(25-5-7-28-8-6-25)18-1-3-19(4-2-18)23-21(27)24-22-12-15-9-16(13-22)11-17(10-15)14-22/h15-19H,1-14H2,(H2,23,24,27). The number of rotatable bonds is 3. The van der Waals surface area contributed by atoms with Crippen LogP contribution < -0.4 is 10.6 Å². The van der Waals surface area contributed by atoms with Gasteiger partial charge in [-0.25, -0.2) is 4.79 Å². The van der Waals surface area contributed by atoms with E-state index < -0.39 is 0 Å². The number of nitrogens with one attached hydrogen (secondary N) is 2. The molecule has 6 rings (SSSR count). The highest BCUT2D eigenvalue weighted by atomic mass is 16.5. The highest BCUT2D eigenvalue weighted by Gasteiger charge is 2.51. The van der Waals surface area contributed by atoms with E-state index in [0.29, 0.717) is 19.1 Å². The highest BCUT2D eigenvalue weighted by Crippen LogP contribution is 2.55. The minimum atomic E-state index is 0.0323. The predicted molar refractivity (Wildman–Crippen MR) is 106 cm³/mol. The summed E-state index contributed by atoms with van der Waals surface area (Å²) in [5.41, 5.74) is 0.0718. The van der Waals surface area contributed by atoms with Gasteiger partial charge in [-0.15, -0.1) is 0 Å². The van der Waals surface area contributed by atoms with Crippen LogP contribution in [0.2, 0.25) is 0 Å². The molecule has 6 nitrogen and oxygen atoms in total. The third kappa shape index (κ3) is 3.77. The summed E-state index contributed by atoms with van der Waals surface area (Å²) in [6, 6.07) is 0.243. The maximum Gasteiger partial charge on any atom is 0.315 e. The number of ether oxygens (including phenoxy) is 1. The lowest BCUT2D eigenvalue weighted by atomic mass is 9.53. The lowest BCUT2D eigenvalue weighted by molar-refractivity contribution is -0.140. The molecule has 4 bridgehead atoms. The zero-order valence-electron chi connectivity index (χ0n) is 17.0. The van der Waals surface area contributed by atoms with Gasteiger partial charge < -0.3 is 20.3 Å². The molecule has 0 atom stereocenters. The van der Waals surface area contributed by atoms with Gasteiger partial charge in [0.05, 0.1) is 13.2 Å². The van der Waals surface area contributed by atoms with Crippen LogP contribution in [0.5, 0.6) is 0 Å². The second-order valence-corrected chi connectivity index (χ2v) is 10.3. The molecule has 1 aliphatic heterocycles. The van der Waals surface area contributed by atoms with E-state index in [9.17, 15) is 9.59 Å². The average molecular weight is 390 g/mol. The molecule has 0 unspecified atom stereocenters. The molecule has 0 aromatic rings. The summed E-state index contributed by atoms with van der Waals surface area (Å²) >= 11 is 0. The molecule has 28 heavy (non-hydrogen) atoms. The van der Waals surface area contributed by atoms with E-state index in [0.717, 1.165) is 56.5 Å². The smallest absolute Gasteiger partial charge is 0.315 e. The third-order valence-electron chi connectivity index (χ3n) is 8.15. The van der Waals surface area contributed by atoms with Gasteiger partial charge in [0.15, 0.2) is 0 Å². The maximum atomic E-state index is 12.7. The second kappa shape index (κ2) is 7.51. The van der Waals surface area contributed by atoms with E-state index in [2.05, 4.69) is 10.6 Å². The largest absolute Gasteiger partial charge is 0.378 e. The van der Waals surface area contributed by atoms with Gasteiger partial charge in [0.1, 0.15) is 0 Å². The minimum absolute atomic E-state index is 0.0323. The highest BCUT2D eigenvalue weighted by molar-refractivity contribution is 5.79. The average Bonchev–Trinajstić information content (AvgIpc) is 2.67. The van der Waals surface area contributed by atoms with Crippen LogP contribution in [-0.2, 0) is 9.53 Å². The van der Waals surface area contributed by atoms with Crippen molar-refractivity contribution >= 4 is 11.9 Å². The van der Waals surface area contributed by atoms with Gasteiger partial charge in [0, 0.05) is 30.6 Å². The van der Waals surface area contributed by atoms with Crippen molar-refractivity contribution in [1.82, 2.24) is 15.5 Å². The fourth-order valence-electron chi connectivity index (χ4n) is 7.25. The number of amides is 3. The van der Waals surface area contributed by atoms with E-state index in [1.165, 1.54) is 38.5 Å². The first-order valence-electron chi connectivity index (χ1n) is 11.5. The van der Waals surface area contributed by atoms with Crippen molar-refractivity contribution in [2.45, 2.75) is 75.8 Å². The second-order valence-electron chi connectivity index (χ2n) is 10.3. The molecule has 0 aromatic heterocycles. The van der Waals surface area contributed by atoms with Crippen molar-refractivity contribution in [3.63, 3.8) is 0 Å². The maximum absolute atomic E-state index is 12.7. The quantitative estimate of drug-likeness (QED) is 0.780. The van der Waals surface area contributed by atoms with Crippen molar-refractivity contribution in [3.05, 3.63) is 0 Å². The Morgan fingerprint density at radius 2 is 1.43 bits per heavy atom. The Bertz CT molecular complexity index is 573. The van der Waals surface area contributed by atoms with Crippen molar-refractivity contribution < 1.29 is 14.3 Å². The Labute approximate surface area is 168 Å². The predicted octanol–water partition coefficient (Wildman–Crippen LogP) is 2.67. The lowest BCUT2D eigenvalue weighted by Crippen LogP contribution is -2.62. The van der Waals surface area contributed by atoms with E-state index >= 15 is 0 Å². The Balaban J connectivity index is 1.09. The van der Waals surface area contributed by atoms with Crippen LogP contribution in [0.15, 0.2) is 0 Å². The number of carbonyl (C=O) groups excluding carboxylic acids is 2. The summed E-state index contributed by atoms with van der Waals surface area (Å²) in [5, 5.41) is 6.66. The van der Waals surface area contributed by atoms with Crippen LogP contribution in [0.3, 0.4) is 0 Å². The lowest BCUT2D eigenvalue weighted by Gasteiger charge is -2.56. The molecule has 6 aliphatic rings. The first-order chi connectivity index (χ1) is 13.6. The summed E-state index contributed by atoms with van der Waals surface area (Å²) in [6.07, 6.45) is 11.3. The van der Waals surface area contributed by atoms with E-state index in [1.807, 2.05) is 4.90 Å². The van der Waals surface area contributed by atoms with Crippen LogP contribution in [0.25, 0.3) is 0 Å². The molecular weight excluding hydrogens is 354 g/mol. The summed E-state index contributed by atoms with van der Waals surface area (Å²) in [6.45, 7) is 2.77. The summed E-state index contributed by atoms with van der Waals surface area (Å²) in [4.78, 5) is 27.4. The zero-order chi connectivity index (χ0) is 19.1. The van der Waals surface area contributed by atoms with Gasteiger partial charge in [-0.1, -0.05) is 0 Å². The van der Waals surface area contributed by atoms with Crippen LogP contribution in [-0.4, -0.2) is 54.7 Å². The van der Waals surface area contributed by atoms with E-state index in [1.54, 1.807) is 0 Å². The first kappa shape index (κ1) is 18.7. The number of carbonyl (C=O) groups is 2. The molecule has 5 saturated carbocycles. The van der Waals surface area contributed by atoms with Crippen LogP contribution in [0.1, 0.15) is 64.2 Å². The molecule has 6 heteroatoms. The first-order valence-corrected chi connectivity index (χ1v) is 11.5. The molecule has 1 saturated heterocycles. The molecule has 156 valence electrons. The van der Waals surface area contributed by atoms with Gasteiger partial charge in [-0.05, 0) is 82.0 Å². The third-order valence-corrected chi connectivity index (χ3v) is 8.15. The van der Waals surface area contributed by atoms with Crippen molar-refractivity contribution in [2.24, 2.45) is 23.7 Å². The normalized spacial score (nSPS) is 42.3. The van der Waals surface area contributed by atoms with Gasteiger partial charge in [-0.3, -0.25) is 4.79 Å². The van der Waals surface area contributed by atoms with Gasteiger partial charge in [0.25, 0.3) is 0 Å². The van der Waals surface area contributed by atoms with E-state index in [-0.39, 0.29) is 23.5 Å². The molecule has 2 N–H and O–H groups in total. The zero-order valence-corrected chi connectivity index (χ0v) is 17.0. The fraction of sp³-hybridized carbons (Fsp3) is 0.909. The van der Waals surface area contributed by atoms with Crippen molar-refractivity contribution in [3.8, 4) is 0 Å². The minimum Gasteiger partial charge on any atom is -0.378 e. The van der Waals surface area contributed by atoms with Crippen LogP contribution in [0.4, 0.5) is 4.79 Å². The monoisotopic (exact) mass is 389 g/mol. The molecule has 0 radical (unpaired) electrons. The number of morpholine rings is 1. The summed E-state index contributed by atoms with van der Waals surface area (Å²) in [7, 11) is 0. The topological polar surface area (TPSA) is 70.7 Å². The number of hydrogen-bond acceptors (Lipinski definition) is 3. The fourth-order valence-corrected chi connectivity index (χ4v) is 7.25. The van der Waals surface area contributed by atoms with E-state index in [4.69, 9.17) is 4.74 Å². The summed E-state index contributed by atoms with van der Waals surface area (Å²) in [5.74, 6) is 2.94. The Morgan fingerprint density at radius 1 is 0.857 bits per heavy atom. The van der Waals surface area contributed by atoms with Crippen molar-refractivity contribution in [1.29, 1.82) is 0 Å². The van der Waals surface area contributed by atoms with Gasteiger partial charge in [0.2, 0.25) is 5.91 Å². The Kier molecular flexibility index (Phi) is 5.02. The molecule has 6 fully saturated rings. The molecule has 1 heterocycles. The Morgan fingerprint density at radius 3 is 2.00 bits per heavy atom. The van der Waals surface area contributed by atoms with Gasteiger partial charge in [-0.2, -0.15) is 0 Å². The number of nitrogens with zero attached hydrogens (tertiary/aromatic N) is 1. The van der Waals surface area contributed by atoms with Crippen LogP contribution >= 0.6 is 0 Å². The molecule has 3 amide bonds. The molecule has 5 aliphatic carbocycles. The molecule has 0 spiro atoms. The van der Waals surface area contributed by atoms with Crippen molar-refractivity contribution in [2.75, 3.05) is 26.3 Å². The van der Waals surface area contributed by atoms with Gasteiger partial charge >= 0.3 is 6.03 Å². The molecular formula is C22H35N3O3.